The molecule has 1 amide bonds. The van der Waals surface area contributed by atoms with Crippen LogP contribution in [0.5, 0.6) is 5.75 Å². The molecule has 0 aliphatic carbocycles. The Morgan fingerprint density at radius 1 is 1.15 bits per heavy atom. The number of nitrogens with one attached hydrogen (secondary N) is 1. The summed E-state index contributed by atoms with van der Waals surface area (Å²) < 4.78 is 30.7. The number of hydrogen-bond acceptors (Lipinski definition) is 4. The minimum atomic E-state index is -3.68. The molecule has 0 unspecified atom stereocenters. The van der Waals surface area contributed by atoms with E-state index in [-0.39, 0.29) is 5.02 Å². The molecule has 2 aromatic rings. The van der Waals surface area contributed by atoms with Gasteiger partial charge in [-0.3, -0.25) is 9.10 Å². The molecule has 0 aliphatic heterocycles. The van der Waals surface area contributed by atoms with Gasteiger partial charge in [-0.2, -0.15) is 0 Å². The predicted molar refractivity (Wildman–Crippen MR) is 105 cm³/mol. The van der Waals surface area contributed by atoms with Crippen molar-refractivity contribution in [2.45, 2.75) is 6.92 Å². The minimum Gasteiger partial charge on any atom is -0.494 e. The monoisotopic (exact) mass is 416 g/mol. The first-order chi connectivity index (χ1) is 12.2. The van der Waals surface area contributed by atoms with Gasteiger partial charge in [0.15, 0.2) is 0 Å². The van der Waals surface area contributed by atoms with E-state index in [1.807, 2.05) is 6.92 Å². The fourth-order valence-electron chi connectivity index (χ4n) is 2.20. The summed E-state index contributed by atoms with van der Waals surface area (Å²) in [5.74, 6) is -0.000770. The van der Waals surface area contributed by atoms with Gasteiger partial charge in [0, 0.05) is 11.8 Å². The van der Waals surface area contributed by atoms with Crippen LogP contribution in [-0.4, -0.2) is 33.7 Å². The third kappa shape index (κ3) is 5.52. The Morgan fingerprint density at radius 2 is 1.88 bits per heavy atom. The van der Waals surface area contributed by atoms with E-state index >= 15 is 0 Å². The average Bonchev–Trinajstić information content (AvgIpc) is 2.55. The van der Waals surface area contributed by atoms with E-state index in [4.69, 9.17) is 27.9 Å². The Bertz CT molecular complexity index is 903. The topological polar surface area (TPSA) is 75.7 Å². The van der Waals surface area contributed by atoms with Gasteiger partial charge in [0.2, 0.25) is 15.9 Å². The molecule has 0 radical (unpaired) electrons. The molecule has 0 aliphatic rings. The van der Waals surface area contributed by atoms with Crippen LogP contribution in [0.4, 0.5) is 11.4 Å². The van der Waals surface area contributed by atoms with Crippen LogP contribution < -0.4 is 14.4 Å². The number of nitrogens with zero attached hydrogens (tertiary/aromatic N) is 1. The Balaban J connectivity index is 2.21. The lowest BCUT2D eigenvalue weighted by Gasteiger charge is -2.22. The number of anilines is 2. The first-order valence-electron chi connectivity index (χ1n) is 7.66. The predicted octanol–water partition coefficient (Wildman–Crippen LogP) is 3.80. The van der Waals surface area contributed by atoms with E-state index in [2.05, 4.69) is 5.32 Å². The summed E-state index contributed by atoms with van der Waals surface area (Å²) in [5, 5.41) is 3.25. The molecule has 6 nitrogen and oxygen atoms in total. The van der Waals surface area contributed by atoms with Gasteiger partial charge in [0.1, 0.15) is 12.3 Å². The smallest absolute Gasteiger partial charge is 0.245 e. The number of hydrogen-bond donors (Lipinski definition) is 1. The summed E-state index contributed by atoms with van der Waals surface area (Å²) in [6.45, 7) is 1.88. The van der Waals surface area contributed by atoms with Crippen molar-refractivity contribution < 1.29 is 17.9 Å². The summed E-state index contributed by atoms with van der Waals surface area (Å²) >= 11 is 11.8. The highest BCUT2D eigenvalue weighted by Gasteiger charge is 2.21. The molecule has 2 rings (SSSR count). The number of benzene rings is 2. The fraction of sp³-hybridized carbons (Fsp3) is 0.235. The molecule has 0 saturated carbocycles. The maximum absolute atomic E-state index is 12.3. The van der Waals surface area contributed by atoms with Crippen molar-refractivity contribution in [1.82, 2.24) is 0 Å². The second-order valence-electron chi connectivity index (χ2n) is 5.38. The quantitative estimate of drug-likeness (QED) is 0.744. The Hall–Kier alpha value is -1.96. The van der Waals surface area contributed by atoms with Crippen molar-refractivity contribution in [3.8, 4) is 5.75 Å². The van der Waals surface area contributed by atoms with Crippen molar-refractivity contribution in [2.24, 2.45) is 0 Å². The number of sulfonamides is 1. The van der Waals surface area contributed by atoms with Crippen LogP contribution >= 0.6 is 23.2 Å². The largest absolute Gasteiger partial charge is 0.494 e. The molecule has 0 bridgehead atoms. The molecule has 0 spiro atoms. The van der Waals surface area contributed by atoms with E-state index in [1.54, 1.807) is 36.4 Å². The molecule has 9 heteroatoms. The van der Waals surface area contributed by atoms with Gasteiger partial charge in [0.05, 0.1) is 28.6 Å². The van der Waals surface area contributed by atoms with E-state index < -0.39 is 22.5 Å². The fourth-order valence-corrected chi connectivity index (χ4v) is 3.35. The van der Waals surface area contributed by atoms with Gasteiger partial charge in [0.25, 0.3) is 0 Å². The number of carbonyl (C=O) groups is 1. The van der Waals surface area contributed by atoms with Crippen LogP contribution in [0.15, 0.2) is 42.5 Å². The van der Waals surface area contributed by atoms with Gasteiger partial charge < -0.3 is 10.1 Å². The average molecular weight is 417 g/mol. The lowest BCUT2D eigenvalue weighted by atomic mass is 10.3. The second-order valence-corrected chi connectivity index (χ2v) is 8.10. The lowest BCUT2D eigenvalue weighted by molar-refractivity contribution is -0.114. The molecule has 2 aromatic carbocycles. The molecule has 0 heterocycles. The molecule has 26 heavy (non-hydrogen) atoms. The van der Waals surface area contributed by atoms with Gasteiger partial charge in [-0.15, -0.1) is 0 Å². The molecule has 1 N–H and O–H groups in total. The standard InChI is InChI=1S/C17H18Cl2N2O4S/c1-3-25-14-6-4-5-13(10-14)21(26(2,23)24)11-17(22)20-12-7-8-15(18)16(19)9-12/h4-10H,3,11H2,1-2H3,(H,20,22). The van der Waals surface area contributed by atoms with E-state index in [9.17, 15) is 13.2 Å². The Kier molecular flexibility index (Phi) is 6.75. The normalized spacial score (nSPS) is 11.1. The van der Waals surface area contributed by atoms with E-state index in [0.717, 1.165) is 10.6 Å². The molecular weight excluding hydrogens is 399 g/mol. The minimum absolute atomic E-state index is 0.286. The van der Waals surface area contributed by atoms with Crippen molar-refractivity contribution in [2.75, 3.05) is 29.0 Å². The van der Waals surface area contributed by atoms with E-state index in [0.29, 0.717) is 28.8 Å². The maximum Gasteiger partial charge on any atom is 0.245 e. The zero-order chi connectivity index (χ0) is 19.3. The first kappa shape index (κ1) is 20.4. The highest BCUT2D eigenvalue weighted by molar-refractivity contribution is 7.92. The van der Waals surface area contributed by atoms with Gasteiger partial charge in [-0.25, -0.2) is 8.42 Å². The SMILES string of the molecule is CCOc1cccc(N(CC(=O)Nc2ccc(Cl)c(Cl)c2)S(C)(=O)=O)c1. The summed E-state index contributed by atoms with van der Waals surface area (Å²) in [6.07, 6.45) is 1.03. The van der Waals surface area contributed by atoms with Crippen LogP contribution in [0.3, 0.4) is 0 Å². The van der Waals surface area contributed by atoms with Gasteiger partial charge >= 0.3 is 0 Å². The van der Waals surface area contributed by atoms with Crippen LogP contribution in [0.1, 0.15) is 6.92 Å². The summed E-state index contributed by atoms with van der Waals surface area (Å²) in [4.78, 5) is 12.3. The van der Waals surface area contributed by atoms with Crippen molar-refractivity contribution in [1.29, 1.82) is 0 Å². The third-order valence-electron chi connectivity index (χ3n) is 3.31. The van der Waals surface area contributed by atoms with Gasteiger partial charge in [-0.05, 0) is 37.3 Å². The van der Waals surface area contributed by atoms with Crippen LogP contribution in [0.25, 0.3) is 0 Å². The third-order valence-corrected chi connectivity index (χ3v) is 5.19. The zero-order valence-corrected chi connectivity index (χ0v) is 16.5. The maximum atomic E-state index is 12.3. The molecule has 0 aromatic heterocycles. The number of amides is 1. The Morgan fingerprint density at radius 3 is 2.50 bits per heavy atom. The first-order valence-corrected chi connectivity index (χ1v) is 10.3. The lowest BCUT2D eigenvalue weighted by Crippen LogP contribution is -2.37. The van der Waals surface area contributed by atoms with Crippen molar-refractivity contribution in [3.05, 3.63) is 52.5 Å². The van der Waals surface area contributed by atoms with Crippen molar-refractivity contribution in [3.63, 3.8) is 0 Å². The van der Waals surface area contributed by atoms with Crippen LogP contribution in [0, 0.1) is 0 Å². The number of carbonyl (C=O) groups excluding carboxylic acids is 1. The summed E-state index contributed by atoms with van der Waals surface area (Å²) in [7, 11) is -3.68. The van der Waals surface area contributed by atoms with Crippen LogP contribution in [-0.2, 0) is 14.8 Å². The molecule has 0 saturated heterocycles. The summed E-state index contributed by atoms with van der Waals surface area (Å²) in [6, 6.07) is 11.1. The second kappa shape index (κ2) is 8.62. The number of rotatable bonds is 7. The highest BCUT2D eigenvalue weighted by Crippen LogP contribution is 2.26. The number of ether oxygens (including phenoxy) is 1. The number of halogens is 2. The Labute approximate surface area is 162 Å². The molecule has 0 fully saturated rings. The van der Waals surface area contributed by atoms with Gasteiger partial charge in [-0.1, -0.05) is 29.3 Å². The van der Waals surface area contributed by atoms with Crippen molar-refractivity contribution >= 4 is 50.5 Å². The van der Waals surface area contributed by atoms with E-state index in [1.165, 1.54) is 6.07 Å². The highest BCUT2D eigenvalue weighted by atomic mass is 35.5. The summed E-state index contributed by atoms with van der Waals surface area (Å²) in [5.41, 5.74) is 0.753. The van der Waals surface area contributed by atoms with Crippen LogP contribution in [0.2, 0.25) is 10.0 Å². The molecule has 0 atom stereocenters. The molecule has 140 valence electrons. The molecular formula is C17H18Cl2N2O4S. The zero-order valence-electron chi connectivity index (χ0n) is 14.2.